The molecule has 0 aliphatic rings. The van der Waals surface area contributed by atoms with Crippen LogP contribution in [0.1, 0.15) is 37.5 Å². The average Bonchev–Trinajstić information content (AvgIpc) is 2.55. The van der Waals surface area contributed by atoms with E-state index in [4.69, 9.17) is 9.47 Å². The van der Waals surface area contributed by atoms with Gasteiger partial charge in [0.2, 0.25) is 0 Å². The lowest BCUT2D eigenvalue weighted by Gasteiger charge is -2.17. The molecule has 0 saturated carbocycles. The number of carbonyl (C=O) groups is 1. The molecule has 0 aliphatic heterocycles. The van der Waals surface area contributed by atoms with Gasteiger partial charge >= 0.3 is 0 Å². The van der Waals surface area contributed by atoms with Gasteiger partial charge in [0.1, 0.15) is 30.5 Å². The van der Waals surface area contributed by atoms with Crippen molar-refractivity contribution < 1.29 is 14.3 Å². The zero-order valence-electron chi connectivity index (χ0n) is 15.9. The fourth-order valence-corrected chi connectivity index (χ4v) is 2.38. The first-order valence-electron chi connectivity index (χ1n) is 8.71. The molecule has 2 aromatic carbocycles. The van der Waals surface area contributed by atoms with Crippen LogP contribution in [0.25, 0.3) is 0 Å². The minimum Gasteiger partial charge on any atom is -0.490 e. The molecular formula is C22H28O3. The second-order valence-corrected chi connectivity index (χ2v) is 7.41. The van der Waals surface area contributed by atoms with Crippen LogP contribution in [0.15, 0.2) is 42.5 Å². The maximum atomic E-state index is 12.2. The van der Waals surface area contributed by atoms with Crippen molar-refractivity contribution in [1.82, 2.24) is 0 Å². The predicted octanol–water partition coefficient (Wildman–Crippen LogP) is 4.92. The van der Waals surface area contributed by atoms with Gasteiger partial charge in [-0.2, -0.15) is 0 Å². The van der Waals surface area contributed by atoms with Crippen molar-refractivity contribution in [3.63, 3.8) is 0 Å². The van der Waals surface area contributed by atoms with Gasteiger partial charge in [-0.1, -0.05) is 51.1 Å². The zero-order valence-corrected chi connectivity index (χ0v) is 15.9. The minimum atomic E-state index is -0.326. The van der Waals surface area contributed by atoms with Crippen LogP contribution in [0.4, 0.5) is 0 Å². The van der Waals surface area contributed by atoms with E-state index >= 15 is 0 Å². The average molecular weight is 340 g/mol. The number of rotatable bonds is 7. The molecule has 3 heteroatoms. The van der Waals surface area contributed by atoms with Gasteiger partial charge in [-0.05, 0) is 42.7 Å². The van der Waals surface area contributed by atoms with E-state index in [-0.39, 0.29) is 11.2 Å². The smallest absolute Gasteiger partial charge is 0.142 e. The van der Waals surface area contributed by atoms with Gasteiger partial charge in [-0.15, -0.1) is 0 Å². The molecule has 0 atom stereocenters. The topological polar surface area (TPSA) is 35.5 Å². The van der Waals surface area contributed by atoms with E-state index in [1.54, 1.807) is 0 Å². The fourth-order valence-electron chi connectivity index (χ4n) is 2.38. The number of hydrogen-bond donors (Lipinski definition) is 0. The highest BCUT2D eigenvalue weighted by Gasteiger charge is 2.21. The van der Waals surface area contributed by atoms with Crippen LogP contribution in [0.3, 0.4) is 0 Å². The van der Waals surface area contributed by atoms with Crippen LogP contribution >= 0.6 is 0 Å². The highest BCUT2D eigenvalue weighted by atomic mass is 16.5. The molecule has 0 fully saturated rings. The largest absolute Gasteiger partial charge is 0.490 e. The normalized spacial score (nSPS) is 11.2. The van der Waals surface area contributed by atoms with Gasteiger partial charge < -0.3 is 9.47 Å². The molecular weight excluding hydrogens is 312 g/mol. The Kier molecular flexibility index (Phi) is 6.24. The molecule has 2 rings (SSSR count). The van der Waals surface area contributed by atoms with E-state index in [0.29, 0.717) is 19.6 Å². The van der Waals surface area contributed by atoms with Gasteiger partial charge in [-0.25, -0.2) is 0 Å². The van der Waals surface area contributed by atoms with E-state index in [2.05, 4.69) is 0 Å². The first-order chi connectivity index (χ1) is 11.8. The standard InChI is InChI=1S/C22H28O3/c1-16-8-6-7-9-19(16)24-12-13-25-20-14-18(11-10-17(20)2)15-21(23)22(3,4)5/h6-11,14H,12-13,15H2,1-5H3. The number of benzene rings is 2. The molecule has 0 saturated heterocycles. The van der Waals surface area contributed by atoms with Crippen molar-refractivity contribution in [2.24, 2.45) is 5.41 Å². The van der Waals surface area contributed by atoms with Crippen molar-refractivity contribution in [2.75, 3.05) is 13.2 Å². The summed E-state index contributed by atoms with van der Waals surface area (Å²) in [6.07, 6.45) is 0.430. The Balaban J connectivity index is 1.92. The third-order valence-corrected chi connectivity index (χ3v) is 4.15. The first kappa shape index (κ1) is 19.0. The highest BCUT2D eigenvalue weighted by Crippen LogP contribution is 2.23. The van der Waals surface area contributed by atoms with Crippen LogP contribution < -0.4 is 9.47 Å². The lowest BCUT2D eigenvalue weighted by Crippen LogP contribution is -2.22. The quantitative estimate of drug-likeness (QED) is 0.671. The molecule has 0 aliphatic carbocycles. The molecule has 0 bridgehead atoms. The highest BCUT2D eigenvalue weighted by molar-refractivity contribution is 5.85. The Hall–Kier alpha value is -2.29. The number of carbonyl (C=O) groups excluding carboxylic acids is 1. The first-order valence-corrected chi connectivity index (χ1v) is 8.71. The summed E-state index contributed by atoms with van der Waals surface area (Å²) in [5, 5.41) is 0. The summed E-state index contributed by atoms with van der Waals surface area (Å²) in [5.74, 6) is 1.92. The third-order valence-electron chi connectivity index (χ3n) is 4.15. The van der Waals surface area contributed by atoms with E-state index in [1.165, 1.54) is 0 Å². The Bertz CT molecular complexity index is 726. The lowest BCUT2D eigenvalue weighted by molar-refractivity contribution is -0.125. The number of ketones is 1. The second kappa shape index (κ2) is 8.19. The summed E-state index contributed by atoms with van der Waals surface area (Å²) >= 11 is 0. The summed E-state index contributed by atoms with van der Waals surface area (Å²) in [6, 6.07) is 13.9. The summed E-state index contributed by atoms with van der Waals surface area (Å²) in [7, 11) is 0. The maximum Gasteiger partial charge on any atom is 0.142 e. The molecule has 0 heterocycles. The number of para-hydroxylation sites is 1. The van der Waals surface area contributed by atoms with Gasteiger partial charge in [0.15, 0.2) is 0 Å². The molecule has 0 amide bonds. The van der Waals surface area contributed by atoms with Gasteiger partial charge in [0.05, 0.1) is 0 Å². The van der Waals surface area contributed by atoms with Gasteiger partial charge in [-0.3, -0.25) is 4.79 Å². The molecule has 3 nitrogen and oxygen atoms in total. The van der Waals surface area contributed by atoms with Crippen LogP contribution in [0, 0.1) is 19.3 Å². The van der Waals surface area contributed by atoms with E-state index in [1.807, 2.05) is 77.1 Å². The lowest BCUT2D eigenvalue weighted by atomic mass is 9.87. The predicted molar refractivity (Wildman–Crippen MR) is 102 cm³/mol. The monoisotopic (exact) mass is 340 g/mol. The maximum absolute atomic E-state index is 12.2. The molecule has 2 aromatic rings. The minimum absolute atomic E-state index is 0.227. The summed E-state index contributed by atoms with van der Waals surface area (Å²) < 4.78 is 11.6. The van der Waals surface area contributed by atoms with Crippen LogP contribution in [0.2, 0.25) is 0 Å². The van der Waals surface area contributed by atoms with Gasteiger partial charge in [0.25, 0.3) is 0 Å². The Morgan fingerprint density at radius 3 is 2.12 bits per heavy atom. The van der Waals surface area contributed by atoms with Crippen molar-refractivity contribution >= 4 is 5.78 Å². The number of hydrogen-bond acceptors (Lipinski definition) is 3. The van der Waals surface area contributed by atoms with Crippen LogP contribution in [-0.4, -0.2) is 19.0 Å². The molecule has 0 N–H and O–H groups in total. The Morgan fingerprint density at radius 1 is 0.880 bits per heavy atom. The van der Waals surface area contributed by atoms with Crippen molar-refractivity contribution in [2.45, 2.75) is 41.0 Å². The number of aryl methyl sites for hydroxylation is 2. The molecule has 134 valence electrons. The van der Waals surface area contributed by atoms with E-state index in [0.717, 1.165) is 28.2 Å². The third kappa shape index (κ3) is 5.63. The van der Waals surface area contributed by atoms with Crippen molar-refractivity contribution in [3.05, 3.63) is 59.2 Å². The molecule has 25 heavy (non-hydrogen) atoms. The fraction of sp³-hybridized carbons (Fsp3) is 0.409. The van der Waals surface area contributed by atoms with E-state index in [9.17, 15) is 4.79 Å². The Morgan fingerprint density at radius 2 is 1.48 bits per heavy atom. The zero-order chi connectivity index (χ0) is 18.4. The molecule has 0 unspecified atom stereocenters. The van der Waals surface area contributed by atoms with Crippen LogP contribution in [-0.2, 0) is 11.2 Å². The molecule has 0 spiro atoms. The van der Waals surface area contributed by atoms with E-state index < -0.39 is 0 Å². The van der Waals surface area contributed by atoms with Gasteiger partial charge in [0, 0.05) is 11.8 Å². The number of ether oxygens (including phenoxy) is 2. The Labute approximate surface area is 151 Å². The van der Waals surface area contributed by atoms with Crippen LogP contribution in [0.5, 0.6) is 11.5 Å². The summed E-state index contributed by atoms with van der Waals surface area (Å²) in [6.45, 7) is 10.8. The van der Waals surface area contributed by atoms with Crippen molar-refractivity contribution in [1.29, 1.82) is 0 Å². The molecule has 0 radical (unpaired) electrons. The summed E-state index contributed by atoms with van der Waals surface area (Å²) in [4.78, 5) is 12.2. The second-order valence-electron chi connectivity index (χ2n) is 7.41. The molecule has 0 aromatic heterocycles. The SMILES string of the molecule is Cc1ccccc1OCCOc1cc(CC(=O)C(C)(C)C)ccc1C. The number of Topliss-reactive ketones (excluding diaryl/α,β-unsaturated/α-hetero) is 1. The summed E-state index contributed by atoms with van der Waals surface area (Å²) in [5.41, 5.74) is 2.83. The van der Waals surface area contributed by atoms with Crippen molar-refractivity contribution in [3.8, 4) is 11.5 Å².